The quantitative estimate of drug-likeness (QED) is 0.834. The molecule has 0 radical (unpaired) electrons. The first kappa shape index (κ1) is 12.0. The lowest BCUT2D eigenvalue weighted by molar-refractivity contribution is 0.496. The fourth-order valence-corrected chi connectivity index (χ4v) is 3.09. The van der Waals surface area contributed by atoms with Gasteiger partial charge in [-0.25, -0.2) is 8.78 Å². The standard InChI is InChI=1S/C12H9F2O2P/c13-9-5-1-3-7-11(9)17(15,16)12-8-4-2-6-10(12)14/h1-8H,(H,15,16). The molecule has 17 heavy (non-hydrogen) atoms. The molecule has 0 saturated carbocycles. The maximum Gasteiger partial charge on any atom is 0.264 e. The van der Waals surface area contributed by atoms with Gasteiger partial charge in [0, 0.05) is 0 Å². The van der Waals surface area contributed by atoms with Crippen LogP contribution in [-0.4, -0.2) is 4.89 Å². The van der Waals surface area contributed by atoms with Gasteiger partial charge in [-0.15, -0.1) is 0 Å². The first-order chi connectivity index (χ1) is 8.03. The Morgan fingerprint density at radius 3 is 1.53 bits per heavy atom. The predicted octanol–water partition coefficient (Wildman–Crippen LogP) is 2.19. The summed E-state index contributed by atoms with van der Waals surface area (Å²) in [6.07, 6.45) is 0. The molecule has 0 fully saturated rings. The molecule has 2 nitrogen and oxygen atoms in total. The number of benzene rings is 2. The third-order valence-corrected chi connectivity index (χ3v) is 4.39. The van der Waals surface area contributed by atoms with Crippen molar-refractivity contribution in [1.82, 2.24) is 0 Å². The molecular weight excluding hydrogens is 245 g/mol. The van der Waals surface area contributed by atoms with E-state index in [0.717, 1.165) is 12.1 Å². The molecule has 88 valence electrons. The second-order valence-electron chi connectivity index (χ2n) is 3.48. The zero-order chi connectivity index (χ0) is 12.5. The Kier molecular flexibility index (Phi) is 3.09. The van der Waals surface area contributed by atoms with Crippen LogP contribution in [0.1, 0.15) is 0 Å². The molecule has 5 heteroatoms. The van der Waals surface area contributed by atoms with Crippen LogP contribution in [0.5, 0.6) is 0 Å². The van der Waals surface area contributed by atoms with Gasteiger partial charge in [-0.2, -0.15) is 0 Å². The Hall–Kier alpha value is -1.51. The molecule has 0 aliphatic heterocycles. The minimum atomic E-state index is -4.22. The third kappa shape index (κ3) is 2.14. The predicted molar refractivity (Wildman–Crippen MR) is 61.9 cm³/mol. The van der Waals surface area contributed by atoms with Crippen LogP contribution in [0.25, 0.3) is 0 Å². The first-order valence-electron chi connectivity index (χ1n) is 4.86. The molecule has 2 rings (SSSR count). The van der Waals surface area contributed by atoms with Gasteiger partial charge < -0.3 is 4.89 Å². The van der Waals surface area contributed by atoms with E-state index in [2.05, 4.69) is 0 Å². The number of rotatable bonds is 2. The van der Waals surface area contributed by atoms with E-state index in [-0.39, 0.29) is 10.6 Å². The summed E-state index contributed by atoms with van der Waals surface area (Å²) in [4.78, 5) is 9.89. The average Bonchev–Trinajstić information content (AvgIpc) is 2.29. The van der Waals surface area contributed by atoms with Crippen molar-refractivity contribution in [2.75, 3.05) is 0 Å². The summed E-state index contributed by atoms with van der Waals surface area (Å²) in [6, 6.07) is 10.2. The molecule has 0 spiro atoms. The molecule has 0 aliphatic rings. The zero-order valence-electron chi connectivity index (χ0n) is 8.68. The van der Waals surface area contributed by atoms with E-state index in [1.807, 2.05) is 0 Å². The Balaban J connectivity index is 2.63. The van der Waals surface area contributed by atoms with E-state index < -0.39 is 19.0 Å². The second-order valence-corrected chi connectivity index (χ2v) is 5.59. The first-order valence-corrected chi connectivity index (χ1v) is 6.52. The Bertz CT molecular complexity index is 549. The van der Waals surface area contributed by atoms with Crippen LogP contribution in [-0.2, 0) is 4.57 Å². The highest BCUT2D eigenvalue weighted by Gasteiger charge is 2.29. The fraction of sp³-hybridized carbons (Fsp3) is 0. The molecule has 0 bridgehead atoms. The minimum Gasteiger partial charge on any atom is -0.338 e. The number of hydrogen-bond donors (Lipinski definition) is 1. The van der Waals surface area contributed by atoms with Crippen molar-refractivity contribution in [2.45, 2.75) is 0 Å². The van der Waals surface area contributed by atoms with Crippen molar-refractivity contribution < 1.29 is 18.2 Å². The molecule has 0 heterocycles. The summed E-state index contributed by atoms with van der Waals surface area (Å²) < 4.78 is 39.0. The molecule has 0 aromatic heterocycles. The summed E-state index contributed by atoms with van der Waals surface area (Å²) in [5, 5.41) is -0.768. The van der Waals surface area contributed by atoms with E-state index in [0.29, 0.717) is 0 Å². The van der Waals surface area contributed by atoms with Gasteiger partial charge in [0.1, 0.15) is 11.6 Å². The zero-order valence-corrected chi connectivity index (χ0v) is 9.57. The second kappa shape index (κ2) is 4.40. The van der Waals surface area contributed by atoms with Crippen LogP contribution in [0, 0.1) is 11.6 Å². The Morgan fingerprint density at radius 2 is 1.18 bits per heavy atom. The third-order valence-electron chi connectivity index (χ3n) is 2.36. The topological polar surface area (TPSA) is 37.3 Å². The van der Waals surface area contributed by atoms with E-state index in [1.54, 1.807) is 0 Å². The molecule has 0 amide bonds. The summed E-state index contributed by atoms with van der Waals surface area (Å²) in [6.45, 7) is 0. The smallest absolute Gasteiger partial charge is 0.264 e. The van der Waals surface area contributed by atoms with Crippen LogP contribution in [0.3, 0.4) is 0 Å². The van der Waals surface area contributed by atoms with Gasteiger partial charge in [-0.1, -0.05) is 24.3 Å². The molecule has 0 saturated heterocycles. The van der Waals surface area contributed by atoms with E-state index in [1.165, 1.54) is 36.4 Å². The maximum atomic E-state index is 13.4. The van der Waals surface area contributed by atoms with Crippen molar-refractivity contribution in [1.29, 1.82) is 0 Å². The molecule has 2 aromatic rings. The van der Waals surface area contributed by atoms with E-state index in [9.17, 15) is 18.2 Å². The molecule has 0 aliphatic carbocycles. The van der Waals surface area contributed by atoms with Crippen molar-refractivity contribution in [3.05, 3.63) is 60.2 Å². The van der Waals surface area contributed by atoms with Crippen molar-refractivity contribution >= 4 is 18.0 Å². The van der Waals surface area contributed by atoms with Crippen LogP contribution >= 0.6 is 7.37 Å². The summed E-state index contributed by atoms with van der Waals surface area (Å²) in [5.74, 6) is -1.64. The van der Waals surface area contributed by atoms with Crippen molar-refractivity contribution in [3.8, 4) is 0 Å². The monoisotopic (exact) mass is 254 g/mol. The van der Waals surface area contributed by atoms with Gasteiger partial charge in [0.05, 0.1) is 10.6 Å². The Morgan fingerprint density at radius 1 is 0.824 bits per heavy atom. The van der Waals surface area contributed by atoms with Gasteiger partial charge in [-0.3, -0.25) is 4.57 Å². The largest absolute Gasteiger partial charge is 0.338 e. The molecular formula is C12H9F2O2P. The molecule has 2 aromatic carbocycles. The summed E-state index contributed by atoms with van der Waals surface area (Å²) >= 11 is 0. The van der Waals surface area contributed by atoms with E-state index in [4.69, 9.17) is 0 Å². The highest BCUT2D eigenvalue weighted by atomic mass is 31.2. The van der Waals surface area contributed by atoms with Crippen LogP contribution in [0.15, 0.2) is 48.5 Å². The lowest BCUT2D eigenvalue weighted by Gasteiger charge is -2.13. The SMILES string of the molecule is O=P(O)(c1ccccc1F)c1ccccc1F. The fourth-order valence-electron chi connectivity index (χ4n) is 1.52. The lowest BCUT2D eigenvalue weighted by atomic mass is 10.3. The minimum absolute atomic E-state index is 0.384. The van der Waals surface area contributed by atoms with E-state index >= 15 is 0 Å². The van der Waals surface area contributed by atoms with Crippen molar-refractivity contribution in [3.63, 3.8) is 0 Å². The summed E-state index contributed by atoms with van der Waals surface area (Å²) in [5.41, 5.74) is 0. The van der Waals surface area contributed by atoms with Gasteiger partial charge in [-0.05, 0) is 24.3 Å². The van der Waals surface area contributed by atoms with Crippen molar-refractivity contribution in [2.24, 2.45) is 0 Å². The molecule has 0 atom stereocenters. The van der Waals surface area contributed by atoms with Gasteiger partial charge in [0.25, 0.3) is 7.37 Å². The van der Waals surface area contributed by atoms with Crippen LogP contribution < -0.4 is 10.6 Å². The van der Waals surface area contributed by atoms with Gasteiger partial charge in [0.2, 0.25) is 0 Å². The normalized spacial score (nSPS) is 11.5. The highest BCUT2D eigenvalue weighted by molar-refractivity contribution is 7.73. The number of hydrogen-bond acceptors (Lipinski definition) is 1. The molecule has 1 N–H and O–H groups in total. The van der Waals surface area contributed by atoms with Gasteiger partial charge >= 0.3 is 0 Å². The highest BCUT2D eigenvalue weighted by Crippen LogP contribution is 2.39. The average molecular weight is 254 g/mol. The van der Waals surface area contributed by atoms with Crippen LogP contribution in [0.4, 0.5) is 8.78 Å². The van der Waals surface area contributed by atoms with Gasteiger partial charge in [0.15, 0.2) is 0 Å². The molecule has 0 unspecified atom stereocenters. The Labute approximate surface area is 97.0 Å². The van der Waals surface area contributed by atoms with Crippen LogP contribution in [0.2, 0.25) is 0 Å². The number of halogens is 2. The summed E-state index contributed by atoms with van der Waals surface area (Å²) in [7, 11) is -4.22. The lowest BCUT2D eigenvalue weighted by Crippen LogP contribution is -2.20. The maximum absolute atomic E-state index is 13.4.